The predicted octanol–water partition coefficient (Wildman–Crippen LogP) is 3.24. The molecule has 2 aromatic heterocycles. The van der Waals surface area contributed by atoms with Gasteiger partial charge in [0.15, 0.2) is 0 Å². The van der Waals surface area contributed by atoms with Crippen LogP contribution in [0.3, 0.4) is 0 Å². The molecule has 2 rings (SSSR count). The zero-order chi connectivity index (χ0) is 14.3. The number of aryl methyl sites for hydroxylation is 2. The minimum Gasteiger partial charge on any atom is -0.384 e. The molecule has 5 heteroatoms. The first-order valence-corrected chi connectivity index (χ1v) is 7.01. The molecular formula is C14H18N4S. The number of rotatable bonds is 2. The predicted molar refractivity (Wildman–Crippen MR) is 78.4 cm³/mol. The first kappa shape index (κ1) is 13.6. The number of anilines is 1. The average molecular weight is 274 g/mol. The zero-order valence-electron chi connectivity index (χ0n) is 11.9. The summed E-state index contributed by atoms with van der Waals surface area (Å²) in [6.07, 6.45) is 0. The van der Waals surface area contributed by atoms with Crippen LogP contribution in [0.4, 0.5) is 5.82 Å². The Morgan fingerprint density at radius 2 is 1.95 bits per heavy atom. The van der Waals surface area contributed by atoms with Gasteiger partial charge in [-0.2, -0.15) is 5.26 Å². The zero-order valence-corrected chi connectivity index (χ0v) is 12.7. The van der Waals surface area contributed by atoms with Crippen molar-refractivity contribution in [1.82, 2.24) is 9.55 Å². The van der Waals surface area contributed by atoms with E-state index in [0.29, 0.717) is 11.4 Å². The Balaban J connectivity index is 2.60. The van der Waals surface area contributed by atoms with Crippen molar-refractivity contribution in [3.63, 3.8) is 0 Å². The Hall–Kier alpha value is -1.80. The van der Waals surface area contributed by atoms with Gasteiger partial charge in [0.2, 0.25) is 0 Å². The van der Waals surface area contributed by atoms with Crippen molar-refractivity contribution in [3.05, 3.63) is 32.4 Å². The fourth-order valence-corrected chi connectivity index (χ4v) is 3.52. The molecule has 19 heavy (non-hydrogen) atoms. The van der Waals surface area contributed by atoms with E-state index in [1.807, 2.05) is 32.3 Å². The molecule has 2 aromatic rings. The first-order valence-electron chi connectivity index (χ1n) is 6.19. The van der Waals surface area contributed by atoms with Crippen LogP contribution in [0, 0.1) is 39.0 Å². The summed E-state index contributed by atoms with van der Waals surface area (Å²) in [5.41, 5.74) is 9.77. The van der Waals surface area contributed by atoms with Gasteiger partial charge in [-0.15, -0.1) is 11.3 Å². The molecule has 0 fully saturated rings. The lowest BCUT2D eigenvalue weighted by Crippen LogP contribution is -2.11. The minimum atomic E-state index is 0.104. The molecule has 0 bridgehead atoms. The van der Waals surface area contributed by atoms with Gasteiger partial charge in [0.25, 0.3) is 0 Å². The number of aromatic nitrogens is 2. The second-order valence-electron chi connectivity index (χ2n) is 4.81. The van der Waals surface area contributed by atoms with Crippen molar-refractivity contribution in [2.45, 2.75) is 40.7 Å². The normalized spacial score (nSPS) is 12.4. The number of thiazole rings is 1. The van der Waals surface area contributed by atoms with Crippen molar-refractivity contribution in [1.29, 1.82) is 5.26 Å². The summed E-state index contributed by atoms with van der Waals surface area (Å²) in [6.45, 7) is 10.1. The molecule has 0 aromatic carbocycles. The van der Waals surface area contributed by atoms with Gasteiger partial charge in [-0.25, -0.2) is 4.98 Å². The standard InChI is InChI=1S/C14H18N4S/c1-7-9(3)18(14(16)12(7)6-15)10(4)13-8(2)17-11(5)19-13/h10H,16H2,1-5H3. The molecule has 2 heterocycles. The van der Waals surface area contributed by atoms with Crippen LogP contribution in [0.15, 0.2) is 0 Å². The summed E-state index contributed by atoms with van der Waals surface area (Å²) >= 11 is 1.69. The molecule has 1 unspecified atom stereocenters. The summed E-state index contributed by atoms with van der Waals surface area (Å²) in [4.78, 5) is 5.67. The van der Waals surface area contributed by atoms with Crippen molar-refractivity contribution in [3.8, 4) is 6.07 Å². The number of nitrogens with zero attached hydrogens (tertiary/aromatic N) is 3. The highest BCUT2D eigenvalue weighted by Gasteiger charge is 2.22. The van der Waals surface area contributed by atoms with Crippen LogP contribution in [0.2, 0.25) is 0 Å². The molecule has 0 aliphatic heterocycles. The maximum Gasteiger partial charge on any atom is 0.122 e. The molecule has 0 aliphatic carbocycles. The van der Waals surface area contributed by atoms with Gasteiger partial charge in [0, 0.05) is 5.69 Å². The fraction of sp³-hybridized carbons (Fsp3) is 0.429. The van der Waals surface area contributed by atoms with E-state index < -0.39 is 0 Å². The molecule has 2 N–H and O–H groups in total. The molecule has 0 spiro atoms. The average Bonchev–Trinajstić information content (AvgIpc) is 2.78. The highest BCUT2D eigenvalue weighted by Crippen LogP contribution is 2.34. The van der Waals surface area contributed by atoms with E-state index in [1.165, 1.54) is 4.88 Å². The Kier molecular flexibility index (Phi) is 3.38. The SMILES string of the molecule is Cc1nc(C)c(C(C)n2c(C)c(C)c(C#N)c2N)s1. The van der Waals surface area contributed by atoms with E-state index in [1.54, 1.807) is 11.3 Å². The lowest BCUT2D eigenvalue weighted by molar-refractivity contribution is 0.639. The van der Waals surface area contributed by atoms with Crippen LogP contribution < -0.4 is 5.73 Å². The van der Waals surface area contributed by atoms with Gasteiger partial charge in [-0.1, -0.05) is 0 Å². The van der Waals surface area contributed by atoms with Gasteiger partial charge in [-0.3, -0.25) is 0 Å². The van der Waals surface area contributed by atoms with Gasteiger partial charge in [0.1, 0.15) is 11.9 Å². The number of hydrogen-bond donors (Lipinski definition) is 1. The van der Waals surface area contributed by atoms with E-state index in [-0.39, 0.29) is 6.04 Å². The van der Waals surface area contributed by atoms with Crippen LogP contribution in [0.5, 0.6) is 0 Å². The number of hydrogen-bond acceptors (Lipinski definition) is 4. The molecule has 0 radical (unpaired) electrons. The van der Waals surface area contributed by atoms with Crippen LogP contribution >= 0.6 is 11.3 Å². The molecule has 0 amide bonds. The minimum absolute atomic E-state index is 0.104. The van der Waals surface area contributed by atoms with Crippen molar-refractivity contribution < 1.29 is 0 Å². The second-order valence-corrected chi connectivity index (χ2v) is 6.05. The third kappa shape index (κ3) is 2.02. The van der Waals surface area contributed by atoms with Crippen molar-refractivity contribution in [2.24, 2.45) is 0 Å². The van der Waals surface area contributed by atoms with Crippen LogP contribution in [0.1, 0.15) is 45.4 Å². The van der Waals surface area contributed by atoms with Gasteiger partial charge >= 0.3 is 0 Å². The summed E-state index contributed by atoms with van der Waals surface area (Å²) in [7, 11) is 0. The maximum atomic E-state index is 9.20. The molecule has 4 nitrogen and oxygen atoms in total. The van der Waals surface area contributed by atoms with Crippen LogP contribution in [-0.2, 0) is 0 Å². The monoisotopic (exact) mass is 274 g/mol. The van der Waals surface area contributed by atoms with E-state index in [4.69, 9.17) is 5.73 Å². The molecule has 0 aliphatic rings. The van der Waals surface area contributed by atoms with E-state index in [9.17, 15) is 5.26 Å². The lowest BCUT2D eigenvalue weighted by atomic mass is 10.2. The van der Waals surface area contributed by atoms with Crippen LogP contribution in [-0.4, -0.2) is 9.55 Å². The highest BCUT2D eigenvalue weighted by molar-refractivity contribution is 7.11. The van der Waals surface area contributed by atoms with Gasteiger partial charge < -0.3 is 10.3 Å². The molecule has 0 saturated carbocycles. The molecule has 0 saturated heterocycles. The van der Waals surface area contributed by atoms with Gasteiger partial charge in [0.05, 0.1) is 27.2 Å². The Morgan fingerprint density at radius 1 is 1.32 bits per heavy atom. The second kappa shape index (κ2) is 4.71. The quantitative estimate of drug-likeness (QED) is 0.914. The number of nitriles is 1. The fourth-order valence-electron chi connectivity index (χ4n) is 2.55. The maximum absolute atomic E-state index is 9.20. The molecule has 1 atom stereocenters. The smallest absolute Gasteiger partial charge is 0.122 e. The molecule has 100 valence electrons. The Morgan fingerprint density at radius 3 is 2.37 bits per heavy atom. The summed E-state index contributed by atoms with van der Waals surface area (Å²) in [5, 5.41) is 10.3. The summed E-state index contributed by atoms with van der Waals surface area (Å²) < 4.78 is 2.04. The third-order valence-corrected chi connectivity index (χ3v) is 4.86. The largest absolute Gasteiger partial charge is 0.384 e. The van der Waals surface area contributed by atoms with Gasteiger partial charge in [-0.05, 0) is 40.2 Å². The van der Waals surface area contributed by atoms with Crippen LogP contribution in [0.25, 0.3) is 0 Å². The van der Waals surface area contributed by atoms with Crippen molar-refractivity contribution in [2.75, 3.05) is 5.73 Å². The van der Waals surface area contributed by atoms with E-state index in [2.05, 4.69) is 18.0 Å². The lowest BCUT2D eigenvalue weighted by Gasteiger charge is -2.17. The Bertz CT molecular complexity index is 673. The number of nitrogen functional groups attached to an aromatic ring is 1. The molecular weight excluding hydrogens is 256 g/mol. The van der Waals surface area contributed by atoms with E-state index in [0.717, 1.165) is 22.0 Å². The summed E-state index contributed by atoms with van der Waals surface area (Å²) in [6, 6.07) is 2.30. The highest BCUT2D eigenvalue weighted by atomic mass is 32.1. The Labute approximate surface area is 117 Å². The summed E-state index contributed by atoms with van der Waals surface area (Å²) in [5.74, 6) is 0.551. The topological polar surface area (TPSA) is 67.6 Å². The van der Waals surface area contributed by atoms with E-state index >= 15 is 0 Å². The van der Waals surface area contributed by atoms with Crippen molar-refractivity contribution >= 4 is 17.2 Å². The first-order chi connectivity index (χ1) is 8.88. The number of nitrogens with two attached hydrogens (primary N) is 1. The third-order valence-electron chi connectivity index (χ3n) is 3.61.